The minimum atomic E-state index is 0.488. The molecule has 0 saturated carbocycles. The van der Waals surface area contributed by atoms with Crippen molar-refractivity contribution in [3.8, 4) is 33.2 Å². The number of nitrogens with zero attached hydrogens (tertiary/aromatic N) is 1. The van der Waals surface area contributed by atoms with Crippen LogP contribution in [0.3, 0.4) is 0 Å². The Morgan fingerprint density at radius 2 is 1.95 bits per heavy atom. The highest BCUT2D eigenvalue weighted by atomic mass is 32.1. The molecule has 3 aromatic rings. The molecule has 3 rings (SSSR count). The number of aromatic amines is 1. The summed E-state index contributed by atoms with van der Waals surface area (Å²) in [7, 11) is 3.23. The van der Waals surface area contributed by atoms with E-state index in [-0.39, 0.29) is 0 Å². The van der Waals surface area contributed by atoms with Crippen LogP contribution in [-0.4, -0.2) is 24.4 Å². The summed E-state index contributed by atoms with van der Waals surface area (Å²) in [5.41, 5.74) is 8.73. The Kier molecular flexibility index (Phi) is 3.53. The first-order chi connectivity index (χ1) is 10.2. The molecule has 0 fully saturated rings. The second-order valence-corrected chi connectivity index (χ2v) is 5.35. The van der Waals surface area contributed by atoms with E-state index in [0.29, 0.717) is 17.3 Å². The molecule has 1 aromatic carbocycles. The molecule has 0 spiro atoms. The van der Waals surface area contributed by atoms with Crippen molar-refractivity contribution in [1.29, 1.82) is 0 Å². The number of nitrogens with one attached hydrogen (secondary N) is 1. The number of benzene rings is 1. The van der Waals surface area contributed by atoms with Crippen LogP contribution in [0.25, 0.3) is 21.7 Å². The monoisotopic (exact) mass is 301 g/mol. The first-order valence-corrected chi connectivity index (χ1v) is 7.22. The second-order valence-electron chi connectivity index (χ2n) is 4.41. The number of H-pyrrole nitrogens is 1. The van der Waals surface area contributed by atoms with Crippen LogP contribution in [0.2, 0.25) is 0 Å². The van der Waals surface area contributed by atoms with Crippen molar-refractivity contribution < 1.29 is 9.47 Å². The summed E-state index contributed by atoms with van der Waals surface area (Å²) < 4.78 is 10.6. The molecule has 0 aliphatic carbocycles. The number of rotatable bonds is 4. The molecular weight excluding hydrogens is 286 g/mol. The van der Waals surface area contributed by atoms with E-state index in [4.69, 9.17) is 15.2 Å². The van der Waals surface area contributed by atoms with Gasteiger partial charge in [0.2, 0.25) is 0 Å². The molecule has 108 valence electrons. The first kappa shape index (κ1) is 13.5. The van der Waals surface area contributed by atoms with Gasteiger partial charge < -0.3 is 15.2 Å². The van der Waals surface area contributed by atoms with Crippen LogP contribution in [-0.2, 0) is 0 Å². The maximum Gasteiger partial charge on any atom is 0.161 e. The molecule has 2 aromatic heterocycles. The third kappa shape index (κ3) is 2.34. The van der Waals surface area contributed by atoms with Crippen molar-refractivity contribution in [3.63, 3.8) is 0 Å². The van der Waals surface area contributed by atoms with Crippen LogP contribution >= 0.6 is 11.3 Å². The number of nitrogens with two attached hydrogens (primary N) is 1. The van der Waals surface area contributed by atoms with E-state index in [9.17, 15) is 0 Å². The maximum atomic E-state index is 6.00. The summed E-state index contributed by atoms with van der Waals surface area (Å²) in [6.07, 6.45) is 0. The SMILES string of the molecule is COc1ccc(-c2[nH]nc(N)c2-c2cccs2)cc1OC. The van der Waals surface area contributed by atoms with Crippen LogP contribution < -0.4 is 15.2 Å². The van der Waals surface area contributed by atoms with E-state index < -0.39 is 0 Å². The highest BCUT2D eigenvalue weighted by Crippen LogP contribution is 2.39. The molecular formula is C15H15N3O2S. The number of nitrogen functional groups attached to an aromatic ring is 1. The summed E-state index contributed by atoms with van der Waals surface area (Å²) in [6.45, 7) is 0. The normalized spacial score (nSPS) is 10.6. The van der Waals surface area contributed by atoms with Crippen molar-refractivity contribution in [2.45, 2.75) is 0 Å². The van der Waals surface area contributed by atoms with Crippen LogP contribution in [0.1, 0.15) is 0 Å². The van der Waals surface area contributed by atoms with Crippen LogP contribution in [0.15, 0.2) is 35.7 Å². The molecule has 0 radical (unpaired) electrons. The van der Waals surface area contributed by atoms with Gasteiger partial charge in [-0.25, -0.2) is 0 Å². The number of anilines is 1. The third-order valence-electron chi connectivity index (χ3n) is 3.23. The Morgan fingerprint density at radius 3 is 2.62 bits per heavy atom. The van der Waals surface area contributed by atoms with Crippen molar-refractivity contribution >= 4 is 17.2 Å². The molecule has 0 unspecified atom stereocenters. The maximum absolute atomic E-state index is 6.00. The topological polar surface area (TPSA) is 73.2 Å². The fourth-order valence-corrected chi connectivity index (χ4v) is 3.01. The van der Waals surface area contributed by atoms with E-state index >= 15 is 0 Å². The second kappa shape index (κ2) is 5.49. The lowest BCUT2D eigenvalue weighted by atomic mass is 10.1. The highest BCUT2D eigenvalue weighted by molar-refractivity contribution is 7.13. The minimum absolute atomic E-state index is 0.488. The molecule has 5 nitrogen and oxygen atoms in total. The molecule has 3 N–H and O–H groups in total. The highest BCUT2D eigenvalue weighted by Gasteiger charge is 2.17. The van der Waals surface area contributed by atoms with Gasteiger partial charge in [-0.15, -0.1) is 11.3 Å². The van der Waals surface area contributed by atoms with E-state index in [1.54, 1.807) is 25.6 Å². The van der Waals surface area contributed by atoms with Gasteiger partial charge in [0.05, 0.1) is 25.5 Å². The minimum Gasteiger partial charge on any atom is -0.493 e. The average Bonchev–Trinajstić information content (AvgIpc) is 3.15. The quantitative estimate of drug-likeness (QED) is 0.774. The molecule has 21 heavy (non-hydrogen) atoms. The van der Waals surface area contributed by atoms with Crippen molar-refractivity contribution in [1.82, 2.24) is 10.2 Å². The van der Waals surface area contributed by atoms with Crippen LogP contribution in [0.5, 0.6) is 11.5 Å². The number of methoxy groups -OCH3 is 2. The van der Waals surface area contributed by atoms with Crippen molar-refractivity contribution in [3.05, 3.63) is 35.7 Å². The summed E-state index contributed by atoms with van der Waals surface area (Å²) in [5.74, 6) is 1.84. The number of hydrogen-bond donors (Lipinski definition) is 2. The largest absolute Gasteiger partial charge is 0.493 e. The molecule has 0 aliphatic heterocycles. The Balaban J connectivity index is 2.14. The molecule has 6 heteroatoms. The molecule has 0 atom stereocenters. The lowest BCUT2D eigenvalue weighted by molar-refractivity contribution is 0.355. The number of thiophene rings is 1. The van der Waals surface area contributed by atoms with Gasteiger partial charge in [0, 0.05) is 10.4 Å². The van der Waals surface area contributed by atoms with E-state index in [2.05, 4.69) is 10.2 Å². The fraction of sp³-hybridized carbons (Fsp3) is 0.133. The van der Waals surface area contributed by atoms with Crippen molar-refractivity contribution in [2.24, 2.45) is 0 Å². The average molecular weight is 301 g/mol. The molecule has 0 amide bonds. The number of ether oxygens (including phenoxy) is 2. The Hall–Kier alpha value is -2.47. The third-order valence-corrected chi connectivity index (χ3v) is 4.12. The van der Waals surface area contributed by atoms with Crippen LogP contribution in [0, 0.1) is 0 Å². The molecule has 2 heterocycles. The van der Waals surface area contributed by atoms with Crippen LogP contribution in [0.4, 0.5) is 5.82 Å². The smallest absolute Gasteiger partial charge is 0.161 e. The van der Waals surface area contributed by atoms with Gasteiger partial charge in [-0.2, -0.15) is 5.10 Å². The summed E-state index contributed by atoms with van der Waals surface area (Å²) in [5, 5.41) is 9.15. The van der Waals surface area contributed by atoms with Gasteiger partial charge >= 0.3 is 0 Å². The Bertz CT molecular complexity index is 750. The summed E-state index contributed by atoms with van der Waals surface area (Å²) >= 11 is 1.63. The van der Waals surface area contributed by atoms with Crippen molar-refractivity contribution in [2.75, 3.05) is 20.0 Å². The van der Waals surface area contributed by atoms with E-state index in [0.717, 1.165) is 21.7 Å². The number of hydrogen-bond acceptors (Lipinski definition) is 5. The van der Waals surface area contributed by atoms with E-state index in [1.807, 2.05) is 35.7 Å². The molecule has 0 saturated heterocycles. The van der Waals surface area contributed by atoms with Gasteiger partial charge in [0.25, 0.3) is 0 Å². The first-order valence-electron chi connectivity index (χ1n) is 6.34. The van der Waals surface area contributed by atoms with Gasteiger partial charge in [-0.1, -0.05) is 6.07 Å². The standard InChI is InChI=1S/C15H15N3O2S/c1-19-10-6-5-9(8-11(10)20-2)14-13(15(16)18-17-14)12-4-3-7-21-12/h3-8H,1-2H3,(H3,16,17,18). The fourth-order valence-electron chi connectivity index (χ4n) is 2.23. The zero-order valence-electron chi connectivity index (χ0n) is 11.7. The summed E-state index contributed by atoms with van der Waals surface area (Å²) in [4.78, 5) is 1.08. The molecule has 0 bridgehead atoms. The molecule has 0 aliphatic rings. The van der Waals surface area contributed by atoms with Gasteiger partial charge in [-0.05, 0) is 29.6 Å². The lowest BCUT2D eigenvalue weighted by Gasteiger charge is -2.09. The van der Waals surface area contributed by atoms with E-state index in [1.165, 1.54) is 0 Å². The van der Waals surface area contributed by atoms with Gasteiger partial charge in [0.1, 0.15) is 0 Å². The van der Waals surface area contributed by atoms with Gasteiger partial charge in [0.15, 0.2) is 17.3 Å². The van der Waals surface area contributed by atoms with Gasteiger partial charge in [-0.3, -0.25) is 5.10 Å². The Labute approximate surface area is 126 Å². The zero-order valence-corrected chi connectivity index (χ0v) is 12.5. The Morgan fingerprint density at radius 1 is 1.14 bits per heavy atom. The summed E-state index contributed by atoms with van der Waals surface area (Å²) in [6, 6.07) is 9.73. The predicted molar refractivity (Wildman–Crippen MR) is 84.9 cm³/mol. The zero-order chi connectivity index (χ0) is 14.8. The number of aromatic nitrogens is 2. The lowest BCUT2D eigenvalue weighted by Crippen LogP contribution is -1.91. The predicted octanol–water partition coefficient (Wildman–Crippen LogP) is 3.40.